The monoisotopic (exact) mass is 323 g/mol. The Morgan fingerprint density at radius 2 is 2.19 bits per heavy atom. The number of benzene rings is 1. The van der Waals surface area contributed by atoms with Crippen molar-refractivity contribution in [2.75, 3.05) is 5.32 Å². The molecule has 5 nitrogen and oxygen atoms in total. The van der Waals surface area contributed by atoms with Crippen molar-refractivity contribution >= 4 is 34.0 Å². The van der Waals surface area contributed by atoms with Crippen LogP contribution in [0.1, 0.15) is 30.7 Å². The van der Waals surface area contributed by atoms with Gasteiger partial charge in [0, 0.05) is 5.92 Å². The van der Waals surface area contributed by atoms with E-state index >= 15 is 0 Å². The first-order chi connectivity index (χ1) is 10.1. The molecule has 1 atom stereocenters. The second-order valence-electron chi connectivity index (χ2n) is 4.90. The van der Waals surface area contributed by atoms with Crippen molar-refractivity contribution in [1.29, 1.82) is 0 Å². The summed E-state index contributed by atoms with van der Waals surface area (Å²) in [6.45, 7) is 1.67. The summed E-state index contributed by atoms with van der Waals surface area (Å²) in [5, 5.41) is 12.8. The Kier molecular flexibility index (Phi) is 4.07. The van der Waals surface area contributed by atoms with Crippen LogP contribution in [0.2, 0.25) is 5.02 Å². The number of rotatable bonds is 5. The second-order valence-corrected chi connectivity index (χ2v) is 6.32. The molecule has 1 unspecified atom stereocenters. The van der Waals surface area contributed by atoms with Crippen molar-refractivity contribution in [2.24, 2.45) is 0 Å². The summed E-state index contributed by atoms with van der Waals surface area (Å²) in [5.74, 6) is 0.746. The lowest BCUT2D eigenvalue weighted by Gasteiger charge is -2.14. The van der Waals surface area contributed by atoms with Crippen LogP contribution in [0.3, 0.4) is 0 Å². The molecule has 3 rings (SSSR count). The van der Waals surface area contributed by atoms with Crippen molar-refractivity contribution in [1.82, 2.24) is 10.2 Å². The van der Waals surface area contributed by atoms with Gasteiger partial charge in [0.15, 0.2) is 6.10 Å². The molecule has 0 bridgehead atoms. The van der Waals surface area contributed by atoms with Gasteiger partial charge in [0.2, 0.25) is 5.13 Å². The molecule has 1 N–H and O–H groups in total. The summed E-state index contributed by atoms with van der Waals surface area (Å²) in [6, 6.07) is 7.05. The predicted molar refractivity (Wildman–Crippen MR) is 82.1 cm³/mol. The molecule has 0 saturated heterocycles. The van der Waals surface area contributed by atoms with Crippen molar-refractivity contribution in [3.8, 4) is 5.75 Å². The molecule has 1 aromatic heterocycles. The molecule has 0 spiro atoms. The summed E-state index contributed by atoms with van der Waals surface area (Å²) in [4.78, 5) is 12.1. The molecule has 21 heavy (non-hydrogen) atoms. The highest BCUT2D eigenvalue weighted by Gasteiger charge is 2.28. The van der Waals surface area contributed by atoms with Gasteiger partial charge in [-0.3, -0.25) is 10.1 Å². The van der Waals surface area contributed by atoms with Crippen LogP contribution in [0.5, 0.6) is 5.75 Å². The Labute approximate surface area is 131 Å². The quantitative estimate of drug-likeness (QED) is 0.915. The van der Waals surface area contributed by atoms with E-state index in [0.29, 0.717) is 21.8 Å². The predicted octanol–water partition coefficient (Wildman–Crippen LogP) is 3.47. The standard InChI is InChI=1S/C14H14ClN3O2S/c1-8(20-11-5-3-2-4-10(11)15)12(19)16-14-18-17-13(21-14)9-6-7-9/h2-5,8-9H,6-7H2,1H3,(H,16,18,19). The van der Waals surface area contributed by atoms with Crippen molar-refractivity contribution in [3.63, 3.8) is 0 Å². The highest BCUT2D eigenvalue weighted by molar-refractivity contribution is 7.15. The number of anilines is 1. The zero-order chi connectivity index (χ0) is 14.8. The minimum absolute atomic E-state index is 0.270. The summed E-state index contributed by atoms with van der Waals surface area (Å²) >= 11 is 7.42. The van der Waals surface area contributed by atoms with Crippen LogP contribution >= 0.6 is 22.9 Å². The van der Waals surface area contributed by atoms with Gasteiger partial charge >= 0.3 is 0 Å². The molecular weight excluding hydrogens is 310 g/mol. The molecule has 110 valence electrons. The van der Waals surface area contributed by atoms with Gasteiger partial charge in [0.25, 0.3) is 5.91 Å². The number of carbonyl (C=O) groups excluding carboxylic acids is 1. The SMILES string of the molecule is CC(Oc1ccccc1Cl)C(=O)Nc1nnc(C2CC2)s1. The number of nitrogens with one attached hydrogen (secondary N) is 1. The second kappa shape index (κ2) is 5.99. The smallest absolute Gasteiger partial charge is 0.266 e. The summed E-state index contributed by atoms with van der Waals surface area (Å²) in [6.07, 6.45) is 1.65. The maximum atomic E-state index is 12.1. The fraction of sp³-hybridized carbons (Fsp3) is 0.357. The van der Waals surface area contributed by atoms with Crippen LogP contribution in [-0.4, -0.2) is 22.2 Å². The van der Waals surface area contributed by atoms with Crippen LogP contribution in [-0.2, 0) is 4.79 Å². The minimum Gasteiger partial charge on any atom is -0.479 e. The van der Waals surface area contributed by atoms with Gasteiger partial charge in [-0.25, -0.2) is 0 Å². The fourth-order valence-electron chi connectivity index (χ4n) is 1.77. The van der Waals surface area contributed by atoms with E-state index in [4.69, 9.17) is 16.3 Å². The van der Waals surface area contributed by atoms with E-state index in [9.17, 15) is 4.79 Å². The third kappa shape index (κ3) is 3.51. The number of amides is 1. The summed E-state index contributed by atoms with van der Waals surface area (Å²) in [7, 11) is 0. The number of hydrogen-bond acceptors (Lipinski definition) is 5. The number of hydrogen-bond donors (Lipinski definition) is 1. The Morgan fingerprint density at radius 1 is 1.43 bits per heavy atom. The van der Waals surface area contributed by atoms with E-state index in [-0.39, 0.29) is 5.91 Å². The Morgan fingerprint density at radius 3 is 2.90 bits per heavy atom. The average molecular weight is 324 g/mol. The number of ether oxygens (including phenoxy) is 1. The molecule has 0 aliphatic heterocycles. The van der Waals surface area contributed by atoms with Crippen LogP contribution in [0, 0.1) is 0 Å². The molecule has 2 aromatic rings. The zero-order valence-electron chi connectivity index (χ0n) is 11.4. The molecule has 1 fully saturated rings. The van der Waals surface area contributed by atoms with E-state index < -0.39 is 6.10 Å². The van der Waals surface area contributed by atoms with E-state index in [2.05, 4.69) is 15.5 Å². The van der Waals surface area contributed by atoms with Gasteiger partial charge in [-0.1, -0.05) is 35.1 Å². The first-order valence-electron chi connectivity index (χ1n) is 6.69. The molecule has 0 radical (unpaired) electrons. The third-order valence-electron chi connectivity index (χ3n) is 3.11. The van der Waals surface area contributed by atoms with Gasteiger partial charge in [-0.15, -0.1) is 10.2 Å². The van der Waals surface area contributed by atoms with E-state index in [1.807, 2.05) is 0 Å². The highest BCUT2D eigenvalue weighted by Crippen LogP contribution is 2.42. The van der Waals surface area contributed by atoms with E-state index in [1.165, 1.54) is 11.3 Å². The zero-order valence-corrected chi connectivity index (χ0v) is 12.9. The van der Waals surface area contributed by atoms with Crippen LogP contribution in [0.4, 0.5) is 5.13 Å². The van der Waals surface area contributed by atoms with Crippen LogP contribution < -0.4 is 10.1 Å². The molecule has 1 aliphatic carbocycles. The van der Waals surface area contributed by atoms with E-state index in [0.717, 1.165) is 17.8 Å². The molecule has 7 heteroatoms. The largest absolute Gasteiger partial charge is 0.479 e. The van der Waals surface area contributed by atoms with Gasteiger partial charge in [0.05, 0.1) is 5.02 Å². The van der Waals surface area contributed by atoms with Gasteiger partial charge < -0.3 is 4.74 Å². The first-order valence-corrected chi connectivity index (χ1v) is 7.88. The summed E-state index contributed by atoms with van der Waals surface area (Å²) < 4.78 is 5.56. The van der Waals surface area contributed by atoms with Crippen LogP contribution in [0.15, 0.2) is 24.3 Å². The summed E-state index contributed by atoms with van der Waals surface area (Å²) in [5.41, 5.74) is 0. The lowest BCUT2D eigenvalue weighted by molar-refractivity contribution is -0.122. The van der Waals surface area contributed by atoms with Crippen molar-refractivity contribution in [2.45, 2.75) is 31.8 Å². The molecule has 1 aliphatic rings. The molecule has 1 amide bonds. The molecular formula is C14H14ClN3O2S. The number of para-hydroxylation sites is 1. The van der Waals surface area contributed by atoms with Gasteiger partial charge in [0.1, 0.15) is 10.8 Å². The number of aromatic nitrogens is 2. The van der Waals surface area contributed by atoms with E-state index in [1.54, 1.807) is 31.2 Å². The topological polar surface area (TPSA) is 64.1 Å². The maximum absolute atomic E-state index is 12.1. The Balaban J connectivity index is 1.60. The van der Waals surface area contributed by atoms with Crippen molar-refractivity contribution < 1.29 is 9.53 Å². The number of carbonyl (C=O) groups is 1. The lowest BCUT2D eigenvalue weighted by Crippen LogP contribution is -2.30. The van der Waals surface area contributed by atoms with Gasteiger partial charge in [-0.2, -0.15) is 0 Å². The molecule has 1 aromatic carbocycles. The fourth-order valence-corrected chi connectivity index (χ4v) is 2.87. The van der Waals surface area contributed by atoms with Crippen LogP contribution in [0.25, 0.3) is 0 Å². The Bertz CT molecular complexity index is 657. The molecule has 1 saturated carbocycles. The highest BCUT2D eigenvalue weighted by atomic mass is 35.5. The minimum atomic E-state index is -0.668. The maximum Gasteiger partial charge on any atom is 0.266 e. The first kappa shape index (κ1) is 14.3. The average Bonchev–Trinajstić information content (AvgIpc) is 3.22. The normalized spacial score (nSPS) is 15.5. The lowest BCUT2D eigenvalue weighted by atomic mass is 10.3. The van der Waals surface area contributed by atoms with Gasteiger partial charge in [-0.05, 0) is 31.9 Å². The third-order valence-corrected chi connectivity index (χ3v) is 4.42. The molecule has 1 heterocycles. The number of nitrogens with zero attached hydrogens (tertiary/aromatic N) is 2. The number of halogens is 1. The Hall–Kier alpha value is -1.66. The van der Waals surface area contributed by atoms with Crippen molar-refractivity contribution in [3.05, 3.63) is 34.3 Å².